The highest BCUT2D eigenvalue weighted by Crippen LogP contribution is 2.26. The van der Waals surface area contributed by atoms with E-state index in [4.69, 9.17) is 23.2 Å². The van der Waals surface area contributed by atoms with Crippen molar-refractivity contribution in [2.45, 2.75) is 6.54 Å². The molecule has 7 heteroatoms. The van der Waals surface area contributed by atoms with E-state index in [0.717, 1.165) is 5.69 Å². The summed E-state index contributed by atoms with van der Waals surface area (Å²) in [7, 11) is 0. The number of nitrogens with zero attached hydrogens (tertiary/aromatic N) is 1. The monoisotopic (exact) mass is 395 g/mol. The van der Waals surface area contributed by atoms with Crippen LogP contribution in [-0.4, -0.2) is 16.1 Å². The summed E-state index contributed by atoms with van der Waals surface area (Å²) in [5.41, 5.74) is 1.29. The summed E-state index contributed by atoms with van der Waals surface area (Å²) in [5, 5.41) is 10.2. The molecule has 0 saturated heterocycles. The molecule has 1 aromatic carbocycles. The minimum Gasteiger partial charge on any atom is -0.346 e. The van der Waals surface area contributed by atoms with E-state index in [9.17, 15) is 4.79 Å². The van der Waals surface area contributed by atoms with Gasteiger partial charge in [-0.2, -0.15) is 5.10 Å². The van der Waals surface area contributed by atoms with Crippen LogP contribution in [0.4, 0.5) is 0 Å². The Hall–Kier alpha value is -0.790. The van der Waals surface area contributed by atoms with Crippen LogP contribution >= 0.6 is 45.8 Å². The molecule has 2 rings (SSSR count). The van der Waals surface area contributed by atoms with E-state index in [2.05, 4.69) is 15.5 Å². The van der Waals surface area contributed by atoms with Gasteiger partial charge in [-0.15, -0.1) is 0 Å². The minimum atomic E-state index is -0.224. The van der Waals surface area contributed by atoms with Gasteiger partial charge >= 0.3 is 0 Å². The molecular weight excluding hydrogens is 388 g/mol. The second-order valence-electron chi connectivity index (χ2n) is 3.51. The van der Waals surface area contributed by atoms with Crippen molar-refractivity contribution in [1.29, 1.82) is 0 Å². The van der Waals surface area contributed by atoms with Crippen LogP contribution in [0, 0.1) is 3.57 Å². The Labute approximate surface area is 127 Å². The van der Waals surface area contributed by atoms with Gasteiger partial charge in [-0.25, -0.2) is 0 Å². The van der Waals surface area contributed by atoms with Gasteiger partial charge in [-0.1, -0.05) is 23.2 Å². The SMILES string of the molecule is O=C(NCc1ccn[nH]1)c1cc(Cl)cc(Cl)c1I. The molecule has 0 saturated carbocycles. The second kappa shape index (κ2) is 5.90. The molecule has 18 heavy (non-hydrogen) atoms. The zero-order valence-electron chi connectivity index (χ0n) is 9.01. The van der Waals surface area contributed by atoms with Crippen molar-refractivity contribution < 1.29 is 4.79 Å². The quantitative estimate of drug-likeness (QED) is 0.619. The molecule has 1 aromatic heterocycles. The van der Waals surface area contributed by atoms with Crippen molar-refractivity contribution >= 4 is 51.7 Å². The number of hydrogen-bond donors (Lipinski definition) is 2. The fraction of sp³-hybridized carbons (Fsp3) is 0.0909. The van der Waals surface area contributed by atoms with Crippen LogP contribution in [0.1, 0.15) is 16.1 Å². The summed E-state index contributed by atoms with van der Waals surface area (Å²) in [6.07, 6.45) is 1.63. The van der Waals surface area contributed by atoms with Gasteiger partial charge in [0.05, 0.1) is 22.8 Å². The summed E-state index contributed by atoms with van der Waals surface area (Å²) in [5.74, 6) is -0.224. The van der Waals surface area contributed by atoms with Gasteiger partial charge in [0.1, 0.15) is 0 Å². The number of aromatic amines is 1. The van der Waals surface area contributed by atoms with Gasteiger partial charge in [0.2, 0.25) is 0 Å². The van der Waals surface area contributed by atoms with E-state index in [1.165, 1.54) is 0 Å². The van der Waals surface area contributed by atoms with Crippen LogP contribution in [0.25, 0.3) is 0 Å². The van der Waals surface area contributed by atoms with Crippen molar-refractivity contribution in [3.8, 4) is 0 Å². The lowest BCUT2D eigenvalue weighted by Gasteiger charge is -2.07. The van der Waals surface area contributed by atoms with Crippen LogP contribution in [0.5, 0.6) is 0 Å². The smallest absolute Gasteiger partial charge is 0.252 e. The van der Waals surface area contributed by atoms with Crippen LogP contribution in [0.15, 0.2) is 24.4 Å². The Bertz CT molecular complexity index is 572. The lowest BCUT2D eigenvalue weighted by atomic mass is 10.2. The number of nitrogens with one attached hydrogen (secondary N) is 2. The first-order valence-electron chi connectivity index (χ1n) is 4.99. The summed E-state index contributed by atoms with van der Waals surface area (Å²) in [6, 6.07) is 4.99. The highest BCUT2D eigenvalue weighted by atomic mass is 127. The van der Waals surface area contributed by atoms with Crippen molar-refractivity contribution in [3.05, 3.63) is 49.3 Å². The summed E-state index contributed by atoms with van der Waals surface area (Å²) in [6.45, 7) is 0.374. The third-order valence-corrected chi connectivity index (χ3v) is 4.23. The van der Waals surface area contributed by atoms with Crippen LogP contribution < -0.4 is 5.32 Å². The molecule has 0 bridgehead atoms. The number of carbonyl (C=O) groups excluding carboxylic acids is 1. The average Bonchev–Trinajstić information content (AvgIpc) is 2.83. The molecule has 0 spiro atoms. The normalized spacial score (nSPS) is 10.4. The lowest BCUT2D eigenvalue weighted by molar-refractivity contribution is 0.0949. The highest BCUT2D eigenvalue weighted by molar-refractivity contribution is 14.1. The number of rotatable bonds is 3. The summed E-state index contributed by atoms with van der Waals surface area (Å²) >= 11 is 13.9. The molecule has 0 aliphatic carbocycles. The molecule has 0 atom stereocenters. The maximum Gasteiger partial charge on any atom is 0.252 e. The molecule has 2 aromatic rings. The molecule has 1 heterocycles. The maximum absolute atomic E-state index is 12.0. The van der Waals surface area contributed by atoms with Gasteiger partial charge in [-0.05, 0) is 40.8 Å². The number of H-pyrrole nitrogens is 1. The molecule has 2 N–H and O–H groups in total. The number of halogens is 3. The Balaban J connectivity index is 2.14. The Morgan fingerprint density at radius 2 is 2.22 bits per heavy atom. The van der Waals surface area contributed by atoms with Gasteiger partial charge in [0, 0.05) is 14.8 Å². The Kier molecular flexibility index (Phi) is 4.47. The van der Waals surface area contributed by atoms with Crippen LogP contribution in [0.3, 0.4) is 0 Å². The first-order valence-corrected chi connectivity index (χ1v) is 6.82. The summed E-state index contributed by atoms with van der Waals surface area (Å²) in [4.78, 5) is 12.0. The standard InChI is InChI=1S/C11H8Cl2IN3O/c12-6-3-8(10(14)9(13)4-6)11(18)15-5-7-1-2-16-17-7/h1-4H,5H2,(H,15,18)(H,16,17). The molecule has 94 valence electrons. The fourth-order valence-corrected chi connectivity index (χ4v) is 2.42. The fourth-order valence-electron chi connectivity index (χ4n) is 1.38. The van der Waals surface area contributed by atoms with Gasteiger partial charge in [0.25, 0.3) is 5.91 Å². The van der Waals surface area contributed by atoms with Gasteiger partial charge in [-0.3, -0.25) is 9.89 Å². The predicted molar refractivity (Wildman–Crippen MR) is 78.9 cm³/mol. The third kappa shape index (κ3) is 3.15. The van der Waals surface area contributed by atoms with Crippen molar-refractivity contribution in [2.24, 2.45) is 0 Å². The topological polar surface area (TPSA) is 57.8 Å². The van der Waals surface area contributed by atoms with Crippen molar-refractivity contribution in [1.82, 2.24) is 15.5 Å². The molecule has 0 unspecified atom stereocenters. The van der Waals surface area contributed by atoms with E-state index >= 15 is 0 Å². The first-order chi connectivity index (χ1) is 8.58. The Morgan fingerprint density at radius 3 is 2.89 bits per heavy atom. The number of hydrogen-bond acceptors (Lipinski definition) is 2. The molecule has 4 nitrogen and oxygen atoms in total. The molecule has 0 radical (unpaired) electrons. The third-order valence-electron chi connectivity index (χ3n) is 2.24. The van der Waals surface area contributed by atoms with E-state index in [-0.39, 0.29) is 5.91 Å². The van der Waals surface area contributed by atoms with Gasteiger partial charge < -0.3 is 5.32 Å². The highest BCUT2D eigenvalue weighted by Gasteiger charge is 2.13. The molecule has 0 fully saturated rings. The van der Waals surface area contributed by atoms with E-state index < -0.39 is 0 Å². The van der Waals surface area contributed by atoms with Gasteiger partial charge in [0.15, 0.2) is 0 Å². The number of benzene rings is 1. The zero-order valence-corrected chi connectivity index (χ0v) is 12.7. The lowest BCUT2D eigenvalue weighted by Crippen LogP contribution is -2.24. The number of amides is 1. The van der Waals surface area contributed by atoms with E-state index in [0.29, 0.717) is 25.7 Å². The molecular formula is C11H8Cl2IN3O. The second-order valence-corrected chi connectivity index (χ2v) is 5.44. The molecule has 1 amide bonds. The van der Waals surface area contributed by atoms with Crippen LogP contribution in [-0.2, 0) is 6.54 Å². The van der Waals surface area contributed by atoms with Crippen molar-refractivity contribution in [2.75, 3.05) is 0 Å². The number of carbonyl (C=O) groups is 1. The average molecular weight is 396 g/mol. The molecule has 0 aliphatic rings. The molecule has 0 aliphatic heterocycles. The maximum atomic E-state index is 12.0. The van der Waals surface area contributed by atoms with E-state index in [1.807, 2.05) is 22.6 Å². The summed E-state index contributed by atoms with van der Waals surface area (Å²) < 4.78 is 0.681. The van der Waals surface area contributed by atoms with Crippen molar-refractivity contribution in [3.63, 3.8) is 0 Å². The van der Waals surface area contributed by atoms with Crippen LogP contribution in [0.2, 0.25) is 10.0 Å². The zero-order chi connectivity index (χ0) is 13.1. The minimum absolute atomic E-state index is 0.224. The largest absolute Gasteiger partial charge is 0.346 e. The number of aromatic nitrogens is 2. The Morgan fingerprint density at radius 1 is 1.44 bits per heavy atom. The first kappa shape index (κ1) is 13.6. The predicted octanol–water partition coefficient (Wildman–Crippen LogP) is 3.25. The van der Waals surface area contributed by atoms with E-state index in [1.54, 1.807) is 24.4 Å².